The fourth-order valence-corrected chi connectivity index (χ4v) is 8.78. The van der Waals surface area contributed by atoms with Gasteiger partial charge in [0.25, 0.3) is 0 Å². The summed E-state index contributed by atoms with van der Waals surface area (Å²) < 4.78 is 0. The van der Waals surface area contributed by atoms with Crippen LogP contribution in [-0.2, 0) is 4.79 Å². The van der Waals surface area contributed by atoms with E-state index in [1.807, 2.05) is 18.0 Å². The Morgan fingerprint density at radius 2 is 2.03 bits per heavy atom. The van der Waals surface area contributed by atoms with Gasteiger partial charge in [0.05, 0.1) is 5.69 Å². The van der Waals surface area contributed by atoms with Gasteiger partial charge in [0.1, 0.15) is 0 Å². The summed E-state index contributed by atoms with van der Waals surface area (Å²) in [5, 5.41) is 6.90. The maximum atomic E-state index is 12.3. The van der Waals surface area contributed by atoms with Gasteiger partial charge < -0.3 is 10.2 Å². The molecule has 5 heteroatoms. The molecule has 1 aromatic heterocycles. The summed E-state index contributed by atoms with van der Waals surface area (Å²) in [5.41, 5.74) is 1.86. The van der Waals surface area contributed by atoms with Crippen molar-refractivity contribution in [3.8, 4) is 0 Å². The molecule has 2 heterocycles. The second-order valence-electron chi connectivity index (χ2n) is 10.8. The third kappa shape index (κ3) is 2.91. The number of nitrogens with one attached hydrogen (secondary N) is 1. The van der Waals surface area contributed by atoms with Crippen LogP contribution >= 0.6 is 11.3 Å². The second kappa shape index (κ2) is 7.36. The van der Waals surface area contributed by atoms with Crippen LogP contribution in [-0.4, -0.2) is 35.4 Å². The van der Waals surface area contributed by atoms with Gasteiger partial charge in [-0.3, -0.25) is 4.79 Å². The Kier molecular flexibility index (Phi) is 5.04. The Balaban J connectivity index is 1.40. The highest BCUT2D eigenvalue weighted by Gasteiger charge is 2.60. The number of fused-ring (bicyclic) bond motifs is 5. The quantitative estimate of drug-likeness (QED) is 0.671. The monoisotopic (exact) mass is 427 g/mol. The molecule has 1 aromatic rings. The van der Waals surface area contributed by atoms with Crippen molar-refractivity contribution >= 4 is 22.4 Å². The first-order valence-corrected chi connectivity index (χ1v) is 12.9. The van der Waals surface area contributed by atoms with Gasteiger partial charge in [-0.1, -0.05) is 26.8 Å². The first-order chi connectivity index (χ1) is 14.4. The van der Waals surface area contributed by atoms with Gasteiger partial charge in [-0.15, -0.1) is 11.3 Å². The van der Waals surface area contributed by atoms with Gasteiger partial charge in [0.15, 0.2) is 5.13 Å². The summed E-state index contributed by atoms with van der Waals surface area (Å²) in [4.78, 5) is 19.3. The number of thiazole rings is 1. The highest BCUT2D eigenvalue weighted by atomic mass is 32.1. The predicted molar refractivity (Wildman–Crippen MR) is 124 cm³/mol. The fraction of sp³-hybridized carbons (Fsp3) is 0.760. The van der Waals surface area contributed by atoms with Gasteiger partial charge in [-0.25, -0.2) is 4.98 Å². The molecule has 0 bridgehead atoms. The van der Waals surface area contributed by atoms with Crippen molar-refractivity contribution in [3.05, 3.63) is 23.2 Å². The molecule has 1 amide bonds. The van der Waals surface area contributed by atoms with E-state index in [-0.39, 0.29) is 11.3 Å². The van der Waals surface area contributed by atoms with Crippen molar-refractivity contribution in [3.63, 3.8) is 0 Å². The topological polar surface area (TPSA) is 45.2 Å². The van der Waals surface area contributed by atoms with E-state index in [4.69, 9.17) is 4.98 Å². The first kappa shape index (κ1) is 20.5. The number of aromatic nitrogens is 1. The Morgan fingerprint density at radius 3 is 2.83 bits per heavy atom. The van der Waals surface area contributed by atoms with Gasteiger partial charge in [-0.2, -0.15) is 0 Å². The average Bonchev–Trinajstić information content (AvgIpc) is 3.33. The minimum atomic E-state index is 0.142. The van der Waals surface area contributed by atoms with Gasteiger partial charge in [0.2, 0.25) is 5.91 Å². The third-order valence-corrected chi connectivity index (χ3v) is 10.4. The van der Waals surface area contributed by atoms with Crippen LogP contribution in [0.25, 0.3) is 0 Å². The van der Waals surface area contributed by atoms with Crippen molar-refractivity contribution in [2.75, 3.05) is 18.9 Å². The lowest BCUT2D eigenvalue weighted by molar-refractivity contribution is -0.138. The Labute approximate surface area is 185 Å². The van der Waals surface area contributed by atoms with Crippen LogP contribution < -0.4 is 5.32 Å². The molecular formula is C25H37N3OS. The molecular weight excluding hydrogens is 390 g/mol. The largest absolute Gasteiger partial charge is 0.362 e. The molecule has 3 saturated carbocycles. The number of likely N-dealkylation sites (N-methyl/N-ethyl adjacent to an activating group) is 1. The number of hydrogen-bond donors (Lipinski definition) is 1. The van der Waals surface area contributed by atoms with E-state index < -0.39 is 0 Å². The fourth-order valence-electron chi connectivity index (χ4n) is 7.98. The summed E-state index contributed by atoms with van der Waals surface area (Å²) in [5.74, 6) is 3.08. The number of carbonyl (C=O) groups is 1. The summed E-state index contributed by atoms with van der Waals surface area (Å²) in [6.07, 6.45) is 12.9. The molecule has 1 aliphatic heterocycles. The van der Waals surface area contributed by atoms with Crippen LogP contribution in [0.15, 0.2) is 17.5 Å². The van der Waals surface area contributed by atoms with E-state index in [1.165, 1.54) is 37.8 Å². The number of carbonyl (C=O) groups excluding carboxylic acids is 1. The van der Waals surface area contributed by atoms with Crippen molar-refractivity contribution in [2.24, 2.45) is 28.6 Å². The molecule has 1 N–H and O–H groups in total. The molecule has 3 fully saturated rings. The van der Waals surface area contributed by atoms with Crippen molar-refractivity contribution in [2.45, 2.75) is 77.7 Å². The zero-order valence-corrected chi connectivity index (χ0v) is 19.8. The van der Waals surface area contributed by atoms with Crippen LogP contribution in [0, 0.1) is 28.6 Å². The molecule has 4 nitrogen and oxygen atoms in total. The second-order valence-corrected chi connectivity index (χ2v) is 11.7. The third-order valence-electron chi connectivity index (χ3n) is 9.53. The van der Waals surface area contributed by atoms with Gasteiger partial charge in [0, 0.05) is 36.3 Å². The summed E-state index contributed by atoms with van der Waals surface area (Å²) in [6, 6.07) is 0.378. The Bertz CT molecular complexity index is 849. The maximum absolute atomic E-state index is 12.3. The minimum absolute atomic E-state index is 0.142. The SMILES string of the molecule is CCCNc1nc([C@H]2CC[C@H]3[C@@H]4CC[C@H]5N(C)C(=O)C=C[C@]5(C)[C@H]4CC[C@]23C)cs1. The van der Waals surface area contributed by atoms with Gasteiger partial charge in [-0.05, 0) is 74.2 Å². The van der Waals surface area contributed by atoms with E-state index in [0.717, 1.165) is 36.4 Å². The Hall–Kier alpha value is -1.36. The lowest BCUT2D eigenvalue weighted by atomic mass is 9.47. The van der Waals surface area contributed by atoms with Crippen LogP contribution in [0.4, 0.5) is 5.13 Å². The summed E-state index contributed by atoms with van der Waals surface area (Å²) >= 11 is 1.78. The maximum Gasteiger partial charge on any atom is 0.246 e. The number of anilines is 1. The van der Waals surface area contributed by atoms with Crippen LogP contribution in [0.1, 0.15) is 77.3 Å². The molecule has 5 rings (SSSR count). The molecule has 3 aliphatic carbocycles. The molecule has 0 spiro atoms. The van der Waals surface area contributed by atoms with Crippen LogP contribution in [0.3, 0.4) is 0 Å². The van der Waals surface area contributed by atoms with Crippen molar-refractivity contribution < 1.29 is 4.79 Å². The molecule has 0 saturated heterocycles. The highest BCUT2D eigenvalue weighted by molar-refractivity contribution is 7.13. The molecule has 4 aliphatic rings. The highest BCUT2D eigenvalue weighted by Crippen LogP contribution is 2.67. The van der Waals surface area contributed by atoms with Crippen LogP contribution in [0.5, 0.6) is 0 Å². The standard InChI is InChI=1S/C25H37N3OS/c1-5-14-26-23-27-20(15-30-23)19-8-7-17-16-6-9-21-25(3,13-11-22(29)28(21)4)18(16)10-12-24(17,19)2/h11,13,15-19,21H,5-10,12,14H2,1-4H3,(H,26,27)/t16-,17-,18-,19+,21+,24-,25+/m0/s1. The van der Waals surface area contributed by atoms with Crippen molar-refractivity contribution in [1.82, 2.24) is 9.88 Å². The van der Waals surface area contributed by atoms with Gasteiger partial charge >= 0.3 is 0 Å². The first-order valence-electron chi connectivity index (χ1n) is 12.0. The normalized spacial score (nSPS) is 42.6. The number of nitrogens with zero attached hydrogens (tertiary/aromatic N) is 2. The summed E-state index contributed by atoms with van der Waals surface area (Å²) in [6.45, 7) is 8.22. The predicted octanol–water partition coefficient (Wildman–Crippen LogP) is 5.69. The zero-order valence-electron chi connectivity index (χ0n) is 19.0. The molecule has 7 atom stereocenters. The molecule has 30 heavy (non-hydrogen) atoms. The number of rotatable bonds is 4. The van der Waals surface area contributed by atoms with E-state index in [0.29, 0.717) is 23.3 Å². The average molecular weight is 428 g/mol. The molecule has 164 valence electrons. The van der Waals surface area contributed by atoms with E-state index >= 15 is 0 Å². The zero-order chi connectivity index (χ0) is 21.1. The van der Waals surface area contributed by atoms with Crippen LogP contribution in [0.2, 0.25) is 0 Å². The summed E-state index contributed by atoms with van der Waals surface area (Å²) in [7, 11) is 2.01. The van der Waals surface area contributed by atoms with Crippen molar-refractivity contribution in [1.29, 1.82) is 0 Å². The van der Waals surface area contributed by atoms with E-state index in [1.54, 1.807) is 11.3 Å². The van der Waals surface area contributed by atoms with E-state index in [9.17, 15) is 4.79 Å². The molecule has 0 unspecified atom stereocenters. The Morgan fingerprint density at radius 1 is 1.20 bits per heavy atom. The molecule has 0 aromatic carbocycles. The lowest BCUT2D eigenvalue weighted by Crippen LogP contribution is -2.59. The minimum Gasteiger partial charge on any atom is -0.362 e. The molecule has 0 radical (unpaired) electrons. The smallest absolute Gasteiger partial charge is 0.246 e. The van der Waals surface area contributed by atoms with E-state index in [2.05, 4.69) is 37.5 Å². The number of hydrogen-bond acceptors (Lipinski definition) is 4. The lowest BCUT2D eigenvalue weighted by Gasteiger charge is -2.60. The number of amides is 1.